The maximum atomic E-state index is 2.69. The molecular formula is C12H23N. The first-order valence-corrected chi connectivity index (χ1v) is 5.74. The van der Waals surface area contributed by atoms with Crippen molar-refractivity contribution in [1.82, 2.24) is 4.90 Å². The lowest BCUT2D eigenvalue weighted by atomic mass is 9.93. The Bertz CT molecular complexity index is 207. The van der Waals surface area contributed by atoms with Gasteiger partial charge in [0.2, 0.25) is 0 Å². The van der Waals surface area contributed by atoms with E-state index in [9.17, 15) is 0 Å². The summed E-state index contributed by atoms with van der Waals surface area (Å²) in [6.45, 7) is 14.6. The summed E-state index contributed by atoms with van der Waals surface area (Å²) in [4.78, 5) is 2.69. The van der Waals surface area contributed by atoms with Gasteiger partial charge in [-0.3, -0.25) is 4.90 Å². The van der Waals surface area contributed by atoms with Crippen molar-refractivity contribution in [1.29, 1.82) is 0 Å². The first-order chi connectivity index (χ1) is 6.00. The normalized spacial score (nSPS) is 42.5. The molecule has 1 saturated heterocycles. The van der Waals surface area contributed by atoms with Crippen LogP contribution in [-0.4, -0.2) is 24.0 Å². The zero-order valence-electron chi connectivity index (χ0n) is 9.67. The molecule has 3 atom stereocenters. The topological polar surface area (TPSA) is 3.24 Å². The van der Waals surface area contributed by atoms with Crippen LogP contribution < -0.4 is 0 Å². The summed E-state index contributed by atoms with van der Waals surface area (Å²) < 4.78 is 0. The zero-order chi connectivity index (χ0) is 9.80. The van der Waals surface area contributed by atoms with Crippen LogP contribution in [0, 0.1) is 23.2 Å². The lowest BCUT2D eigenvalue weighted by Gasteiger charge is -2.32. The fourth-order valence-corrected chi connectivity index (χ4v) is 3.59. The Kier molecular flexibility index (Phi) is 1.99. The number of nitrogens with zero attached hydrogens (tertiary/aromatic N) is 1. The van der Waals surface area contributed by atoms with E-state index in [0.29, 0.717) is 5.41 Å². The second-order valence-electron chi connectivity index (χ2n) is 5.78. The van der Waals surface area contributed by atoms with Gasteiger partial charge in [0.25, 0.3) is 0 Å². The second-order valence-corrected chi connectivity index (χ2v) is 5.78. The lowest BCUT2D eigenvalue weighted by molar-refractivity contribution is 0.151. The molecular weight excluding hydrogens is 158 g/mol. The van der Waals surface area contributed by atoms with Crippen LogP contribution in [0.5, 0.6) is 0 Å². The third-order valence-electron chi connectivity index (χ3n) is 4.45. The molecule has 1 aliphatic carbocycles. The summed E-state index contributed by atoms with van der Waals surface area (Å²) in [5, 5.41) is 0. The molecule has 1 nitrogen and oxygen atoms in total. The number of fused-ring (bicyclic) bond motifs is 1. The highest BCUT2D eigenvalue weighted by Crippen LogP contribution is 2.65. The van der Waals surface area contributed by atoms with Crippen molar-refractivity contribution < 1.29 is 0 Å². The molecule has 0 radical (unpaired) electrons. The fourth-order valence-electron chi connectivity index (χ4n) is 3.59. The van der Waals surface area contributed by atoms with Crippen LogP contribution in [0.2, 0.25) is 0 Å². The summed E-state index contributed by atoms with van der Waals surface area (Å²) in [5.74, 6) is 2.82. The van der Waals surface area contributed by atoms with Crippen LogP contribution in [0.25, 0.3) is 0 Å². The maximum Gasteiger partial charge on any atom is 0.0155 e. The van der Waals surface area contributed by atoms with E-state index in [-0.39, 0.29) is 0 Å². The Balaban J connectivity index is 2.12. The second kappa shape index (κ2) is 2.73. The van der Waals surface area contributed by atoms with Crippen molar-refractivity contribution in [2.75, 3.05) is 13.1 Å². The van der Waals surface area contributed by atoms with Crippen LogP contribution in [0.15, 0.2) is 0 Å². The number of piperidine rings is 1. The van der Waals surface area contributed by atoms with Gasteiger partial charge >= 0.3 is 0 Å². The Morgan fingerprint density at radius 1 is 1.38 bits per heavy atom. The minimum atomic E-state index is 0.653. The van der Waals surface area contributed by atoms with Gasteiger partial charge in [0, 0.05) is 12.6 Å². The molecule has 0 spiro atoms. The Labute approximate surface area is 82.5 Å². The fraction of sp³-hybridized carbons (Fsp3) is 1.00. The highest BCUT2D eigenvalue weighted by molar-refractivity contribution is 5.16. The minimum absolute atomic E-state index is 0.653. The number of hydrogen-bond donors (Lipinski definition) is 0. The molecule has 2 fully saturated rings. The van der Waals surface area contributed by atoms with Gasteiger partial charge in [0.1, 0.15) is 0 Å². The average Bonchev–Trinajstić information content (AvgIpc) is 2.50. The van der Waals surface area contributed by atoms with Gasteiger partial charge in [-0.1, -0.05) is 34.6 Å². The van der Waals surface area contributed by atoms with Crippen molar-refractivity contribution in [2.24, 2.45) is 23.2 Å². The first kappa shape index (κ1) is 9.51. The van der Waals surface area contributed by atoms with E-state index in [2.05, 4.69) is 39.5 Å². The molecule has 1 heterocycles. The van der Waals surface area contributed by atoms with E-state index in [1.165, 1.54) is 13.1 Å². The summed E-state index contributed by atoms with van der Waals surface area (Å²) in [5.41, 5.74) is 0.653. The Morgan fingerprint density at radius 2 is 2.00 bits per heavy atom. The van der Waals surface area contributed by atoms with Gasteiger partial charge in [-0.05, 0) is 29.7 Å². The third-order valence-corrected chi connectivity index (χ3v) is 4.45. The molecule has 1 saturated carbocycles. The highest BCUT2D eigenvalue weighted by atomic mass is 15.2. The standard InChI is InChI=1S/C12H23N/c1-6-13-7-9-10(12(9,4)5)11(13)8(2)3/h8-11H,6-7H2,1-5H3. The van der Waals surface area contributed by atoms with Crippen molar-refractivity contribution >= 4 is 0 Å². The average molecular weight is 181 g/mol. The molecule has 13 heavy (non-hydrogen) atoms. The van der Waals surface area contributed by atoms with Gasteiger partial charge in [-0.25, -0.2) is 0 Å². The van der Waals surface area contributed by atoms with Crippen LogP contribution >= 0.6 is 0 Å². The molecule has 0 aromatic heterocycles. The van der Waals surface area contributed by atoms with E-state index in [0.717, 1.165) is 23.8 Å². The molecule has 1 heteroatoms. The van der Waals surface area contributed by atoms with Crippen LogP contribution in [0.1, 0.15) is 34.6 Å². The van der Waals surface area contributed by atoms with Crippen molar-refractivity contribution in [3.8, 4) is 0 Å². The summed E-state index contributed by atoms with van der Waals surface area (Å²) in [6, 6.07) is 0.866. The molecule has 2 rings (SSSR count). The Morgan fingerprint density at radius 3 is 2.46 bits per heavy atom. The third kappa shape index (κ3) is 1.16. The van der Waals surface area contributed by atoms with Gasteiger partial charge in [-0.15, -0.1) is 0 Å². The largest absolute Gasteiger partial charge is 0.300 e. The lowest BCUT2D eigenvalue weighted by Crippen LogP contribution is -2.39. The maximum absolute atomic E-state index is 2.69. The molecule has 2 aliphatic rings. The van der Waals surface area contributed by atoms with E-state index >= 15 is 0 Å². The molecule has 0 N–H and O–H groups in total. The molecule has 76 valence electrons. The van der Waals surface area contributed by atoms with Crippen molar-refractivity contribution in [3.05, 3.63) is 0 Å². The molecule has 3 unspecified atom stereocenters. The van der Waals surface area contributed by atoms with Crippen LogP contribution in [0.3, 0.4) is 0 Å². The molecule has 0 amide bonds. The van der Waals surface area contributed by atoms with E-state index in [4.69, 9.17) is 0 Å². The quantitative estimate of drug-likeness (QED) is 0.633. The molecule has 0 bridgehead atoms. The van der Waals surface area contributed by atoms with Crippen molar-refractivity contribution in [3.63, 3.8) is 0 Å². The molecule has 0 aromatic rings. The van der Waals surface area contributed by atoms with E-state index < -0.39 is 0 Å². The zero-order valence-corrected chi connectivity index (χ0v) is 9.67. The van der Waals surface area contributed by atoms with Crippen molar-refractivity contribution in [2.45, 2.75) is 40.7 Å². The summed E-state index contributed by atoms with van der Waals surface area (Å²) >= 11 is 0. The number of hydrogen-bond acceptors (Lipinski definition) is 1. The van der Waals surface area contributed by atoms with E-state index in [1.807, 2.05) is 0 Å². The molecule has 0 aromatic carbocycles. The number of rotatable bonds is 2. The van der Waals surface area contributed by atoms with Gasteiger partial charge < -0.3 is 0 Å². The smallest absolute Gasteiger partial charge is 0.0155 e. The summed E-state index contributed by atoms with van der Waals surface area (Å²) in [7, 11) is 0. The van der Waals surface area contributed by atoms with Gasteiger partial charge in [0.05, 0.1) is 0 Å². The predicted octanol–water partition coefficient (Wildman–Crippen LogP) is 2.62. The first-order valence-electron chi connectivity index (χ1n) is 5.74. The van der Waals surface area contributed by atoms with E-state index in [1.54, 1.807) is 0 Å². The number of likely N-dealkylation sites (tertiary alicyclic amines) is 1. The van der Waals surface area contributed by atoms with Crippen LogP contribution in [-0.2, 0) is 0 Å². The van der Waals surface area contributed by atoms with Gasteiger partial charge in [0.15, 0.2) is 0 Å². The highest BCUT2D eigenvalue weighted by Gasteiger charge is 2.66. The minimum Gasteiger partial charge on any atom is -0.300 e. The molecule has 1 aliphatic heterocycles. The Hall–Kier alpha value is -0.0400. The summed E-state index contributed by atoms with van der Waals surface area (Å²) in [6.07, 6.45) is 0. The van der Waals surface area contributed by atoms with Gasteiger partial charge in [-0.2, -0.15) is 0 Å². The SMILES string of the molecule is CCN1CC2C(C1C(C)C)C2(C)C. The monoisotopic (exact) mass is 181 g/mol. The van der Waals surface area contributed by atoms with Crippen LogP contribution in [0.4, 0.5) is 0 Å². The predicted molar refractivity (Wildman–Crippen MR) is 56.6 cm³/mol.